The Morgan fingerprint density at radius 1 is 1.27 bits per heavy atom. The molecule has 1 aliphatic heterocycles. The lowest BCUT2D eigenvalue weighted by Crippen LogP contribution is -2.36. The molecule has 2 aromatic carbocycles. The van der Waals surface area contributed by atoms with Gasteiger partial charge in [-0.2, -0.15) is 4.31 Å². The summed E-state index contributed by atoms with van der Waals surface area (Å²) >= 11 is 1.02. The molecular weight excluding hydrogens is 517 g/mol. The topological polar surface area (TPSA) is 90.0 Å². The second-order valence-corrected chi connectivity index (χ2v) is 11.9. The van der Waals surface area contributed by atoms with Gasteiger partial charge in [-0.3, -0.25) is 9.59 Å². The molecule has 1 aliphatic rings. The smallest absolute Gasteiger partial charge is 0.293 e. The van der Waals surface area contributed by atoms with Crippen molar-refractivity contribution in [2.24, 2.45) is 0 Å². The minimum absolute atomic E-state index is 0.0124. The van der Waals surface area contributed by atoms with E-state index in [0.29, 0.717) is 23.5 Å². The first kappa shape index (κ1) is 27.0. The Balaban J connectivity index is 1.73. The van der Waals surface area contributed by atoms with Crippen LogP contribution in [0.2, 0.25) is 0 Å². The van der Waals surface area contributed by atoms with Gasteiger partial charge in [-0.1, -0.05) is 37.3 Å². The van der Waals surface area contributed by atoms with Crippen LogP contribution in [0.1, 0.15) is 57.4 Å². The number of carbonyl (C=O) groups is 2. The highest BCUT2D eigenvalue weighted by molar-refractivity contribution is 7.89. The molecule has 1 aromatic heterocycles. The summed E-state index contributed by atoms with van der Waals surface area (Å²) < 4.78 is 54.1. The summed E-state index contributed by atoms with van der Waals surface area (Å²) in [6.45, 7) is 5.70. The molecule has 0 fully saturated rings. The van der Waals surface area contributed by atoms with Crippen LogP contribution in [-0.4, -0.2) is 44.2 Å². The SMILES string of the molecule is CC[C@@H]1CN(Cc2cc(C(COC=O)c3cc(F)c(C(C)=O)s3)ccc2C)S(=O)(=O)c2ccccc2O1. The summed E-state index contributed by atoms with van der Waals surface area (Å²) in [6.07, 6.45) is 0.321. The molecule has 2 heterocycles. The van der Waals surface area contributed by atoms with Crippen molar-refractivity contribution >= 4 is 33.6 Å². The molecule has 0 spiro atoms. The molecule has 0 N–H and O–H groups in total. The lowest BCUT2D eigenvalue weighted by molar-refractivity contribution is -0.128. The molecule has 10 heteroatoms. The van der Waals surface area contributed by atoms with E-state index in [2.05, 4.69) is 0 Å². The summed E-state index contributed by atoms with van der Waals surface area (Å²) in [5.74, 6) is -1.18. The van der Waals surface area contributed by atoms with Gasteiger partial charge < -0.3 is 9.47 Å². The highest BCUT2D eigenvalue weighted by Crippen LogP contribution is 2.36. The third-order valence-electron chi connectivity index (χ3n) is 6.45. The zero-order valence-electron chi connectivity index (χ0n) is 20.8. The van der Waals surface area contributed by atoms with Gasteiger partial charge in [0.2, 0.25) is 10.0 Å². The number of hydrogen-bond donors (Lipinski definition) is 0. The molecule has 37 heavy (non-hydrogen) atoms. The second-order valence-electron chi connectivity index (χ2n) is 8.94. The van der Waals surface area contributed by atoms with Gasteiger partial charge in [0.05, 0.1) is 12.5 Å². The molecule has 0 radical (unpaired) electrons. The van der Waals surface area contributed by atoms with Crippen LogP contribution in [0.25, 0.3) is 0 Å². The fourth-order valence-electron chi connectivity index (χ4n) is 4.35. The van der Waals surface area contributed by atoms with E-state index in [4.69, 9.17) is 9.47 Å². The van der Waals surface area contributed by atoms with Crippen LogP contribution < -0.4 is 4.74 Å². The second kappa shape index (κ2) is 11.1. The highest BCUT2D eigenvalue weighted by Gasteiger charge is 2.34. The lowest BCUT2D eigenvalue weighted by Gasteiger charge is -2.24. The van der Waals surface area contributed by atoms with E-state index < -0.39 is 21.8 Å². The maximum Gasteiger partial charge on any atom is 0.293 e. The Bertz CT molecular complexity index is 1420. The third-order valence-corrected chi connectivity index (χ3v) is 9.62. The molecule has 0 aliphatic carbocycles. The van der Waals surface area contributed by atoms with Crippen LogP contribution in [0, 0.1) is 12.7 Å². The van der Waals surface area contributed by atoms with Gasteiger partial charge in [-0.15, -0.1) is 11.3 Å². The Hall–Kier alpha value is -3.08. The number of benzene rings is 2. The zero-order chi connectivity index (χ0) is 26.7. The van der Waals surface area contributed by atoms with Gasteiger partial charge >= 0.3 is 0 Å². The van der Waals surface area contributed by atoms with Crippen molar-refractivity contribution in [2.45, 2.75) is 50.7 Å². The van der Waals surface area contributed by atoms with Crippen LogP contribution in [0.4, 0.5) is 4.39 Å². The number of fused-ring (bicyclic) bond motifs is 1. The van der Waals surface area contributed by atoms with Gasteiger partial charge in [-0.25, -0.2) is 12.8 Å². The minimum Gasteiger partial charge on any atom is -0.488 e. The molecule has 1 unspecified atom stereocenters. The standard InChI is InChI=1S/C27H28FNO6S2/c1-4-21-14-29(37(32,33)26-8-6-5-7-24(26)35-21)13-20-11-19(10-9-17(20)2)22(15-34-16-30)25-12-23(28)27(36-25)18(3)31/h5-12,16,21-22H,4,13-15H2,1-3H3/t21-,22?/m1/s1. The number of halogens is 1. The van der Waals surface area contributed by atoms with Crippen molar-refractivity contribution in [1.29, 1.82) is 0 Å². The number of rotatable bonds is 9. The van der Waals surface area contributed by atoms with Crippen LogP contribution in [-0.2, 0) is 26.1 Å². The first-order valence-electron chi connectivity index (χ1n) is 11.9. The summed E-state index contributed by atoms with van der Waals surface area (Å²) in [6, 6.07) is 13.5. The first-order valence-corrected chi connectivity index (χ1v) is 14.1. The summed E-state index contributed by atoms with van der Waals surface area (Å²) in [5.41, 5.74) is 2.35. The summed E-state index contributed by atoms with van der Waals surface area (Å²) in [5, 5.41) is 0. The Labute approximate surface area is 219 Å². The third kappa shape index (κ3) is 5.61. The van der Waals surface area contributed by atoms with E-state index in [1.807, 2.05) is 32.0 Å². The Kier molecular flexibility index (Phi) is 8.11. The van der Waals surface area contributed by atoms with Crippen LogP contribution in [0.5, 0.6) is 5.75 Å². The number of hydrogen-bond acceptors (Lipinski definition) is 7. The Morgan fingerprint density at radius 2 is 2.03 bits per heavy atom. The number of sulfonamides is 1. The molecule has 7 nitrogen and oxygen atoms in total. The van der Waals surface area contributed by atoms with Gasteiger partial charge in [0, 0.05) is 18.3 Å². The first-order chi connectivity index (χ1) is 17.6. The fraction of sp³-hybridized carbons (Fsp3) is 0.333. The summed E-state index contributed by atoms with van der Waals surface area (Å²) in [7, 11) is -3.84. The zero-order valence-corrected chi connectivity index (χ0v) is 22.4. The average Bonchev–Trinajstić information content (AvgIpc) is 3.21. The molecule has 0 saturated heterocycles. The van der Waals surface area contributed by atoms with Crippen LogP contribution in [0.3, 0.4) is 0 Å². The number of ether oxygens (including phenoxy) is 2. The summed E-state index contributed by atoms with van der Waals surface area (Å²) in [4.78, 5) is 23.5. The number of thiophene rings is 1. The van der Waals surface area contributed by atoms with Gasteiger partial charge in [-0.05, 0) is 48.2 Å². The van der Waals surface area contributed by atoms with Gasteiger partial charge in [0.25, 0.3) is 6.47 Å². The number of nitrogens with zero attached hydrogens (tertiary/aromatic N) is 1. The normalized spacial score (nSPS) is 17.8. The maximum atomic E-state index is 14.4. The number of aryl methyl sites for hydroxylation is 1. The Morgan fingerprint density at radius 3 is 2.70 bits per heavy atom. The number of ketones is 1. The van der Waals surface area contributed by atoms with Gasteiger partial charge in [0.1, 0.15) is 34.1 Å². The van der Waals surface area contributed by atoms with E-state index in [9.17, 15) is 22.4 Å². The van der Waals surface area contributed by atoms with Crippen molar-refractivity contribution in [2.75, 3.05) is 13.2 Å². The molecule has 3 aromatic rings. The highest BCUT2D eigenvalue weighted by atomic mass is 32.2. The molecule has 0 amide bonds. The van der Waals surface area contributed by atoms with Crippen molar-refractivity contribution in [1.82, 2.24) is 4.31 Å². The molecule has 2 atom stereocenters. The predicted molar refractivity (Wildman–Crippen MR) is 138 cm³/mol. The predicted octanol–water partition coefficient (Wildman–Crippen LogP) is 5.07. The largest absolute Gasteiger partial charge is 0.488 e. The van der Waals surface area contributed by atoms with Crippen LogP contribution >= 0.6 is 11.3 Å². The fourth-order valence-corrected chi connectivity index (χ4v) is 6.96. The lowest BCUT2D eigenvalue weighted by atomic mass is 9.94. The maximum absolute atomic E-state index is 14.4. The van der Waals surface area contributed by atoms with E-state index in [1.165, 1.54) is 17.3 Å². The molecule has 4 rings (SSSR count). The quantitative estimate of drug-likeness (QED) is 0.276. The van der Waals surface area contributed by atoms with Crippen molar-refractivity contribution in [3.8, 4) is 5.75 Å². The average molecular weight is 546 g/mol. The van der Waals surface area contributed by atoms with Crippen molar-refractivity contribution < 1.29 is 31.9 Å². The molecule has 0 saturated carbocycles. The van der Waals surface area contributed by atoms with Crippen molar-refractivity contribution in [3.05, 3.63) is 80.8 Å². The van der Waals surface area contributed by atoms with Gasteiger partial charge in [0.15, 0.2) is 5.78 Å². The van der Waals surface area contributed by atoms with E-state index in [-0.39, 0.29) is 41.4 Å². The van der Waals surface area contributed by atoms with E-state index >= 15 is 0 Å². The van der Waals surface area contributed by atoms with E-state index in [0.717, 1.165) is 28.0 Å². The van der Waals surface area contributed by atoms with E-state index in [1.54, 1.807) is 24.3 Å². The number of Topliss-reactive ketones (excluding diaryl/α,β-unsaturated/α-hetero) is 1. The monoisotopic (exact) mass is 545 g/mol. The minimum atomic E-state index is -3.84. The van der Waals surface area contributed by atoms with Crippen molar-refractivity contribution in [3.63, 3.8) is 0 Å². The molecular formula is C27H28FNO6S2. The molecule has 196 valence electrons. The molecule has 0 bridgehead atoms. The number of carbonyl (C=O) groups excluding carboxylic acids is 2. The van der Waals surface area contributed by atoms with Crippen LogP contribution in [0.15, 0.2) is 53.4 Å². The number of para-hydroxylation sites is 1.